The number of aromatic carboxylic acids is 1. The Kier molecular flexibility index (Phi) is 4.31. The van der Waals surface area contributed by atoms with Gasteiger partial charge in [0.25, 0.3) is 0 Å². The van der Waals surface area contributed by atoms with E-state index in [0.717, 1.165) is 5.56 Å². The molecule has 1 aliphatic rings. The number of hydrogen-bond acceptors (Lipinski definition) is 4. The van der Waals surface area contributed by atoms with E-state index in [0.29, 0.717) is 17.2 Å². The van der Waals surface area contributed by atoms with E-state index in [1.165, 1.54) is 11.0 Å². The lowest BCUT2D eigenvalue weighted by Gasteiger charge is -2.28. The third-order valence-electron chi connectivity index (χ3n) is 4.27. The largest absolute Gasteiger partial charge is 0.478 e. The molecule has 25 heavy (non-hydrogen) atoms. The smallest absolute Gasteiger partial charge is 0.339 e. The summed E-state index contributed by atoms with van der Waals surface area (Å²) in [5.41, 5.74) is 1.51. The van der Waals surface area contributed by atoms with Crippen molar-refractivity contribution in [1.29, 1.82) is 0 Å². The quantitative estimate of drug-likeness (QED) is 0.888. The summed E-state index contributed by atoms with van der Waals surface area (Å²) in [6.07, 6.45) is 0.0811. The van der Waals surface area contributed by atoms with E-state index < -0.39 is 11.9 Å². The molecule has 0 aliphatic carbocycles. The lowest BCUT2D eigenvalue weighted by Crippen LogP contribution is -2.36. The number of aryl methyl sites for hydroxylation is 1. The lowest BCUT2D eigenvalue weighted by atomic mass is 9.89. The molecular weight excluding hydrogens is 324 g/mol. The molecule has 3 rings (SSSR count). The Bertz CT molecular complexity index is 855. The summed E-state index contributed by atoms with van der Waals surface area (Å²) in [7, 11) is 1.61. The van der Waals surface area contributed by atoms with E-state index in [-0.39, 0.29) is 30.3 Å². The highest BCUT2D eigenvalue weighted by Crippen LogP contribution is 2.33. The number of rotatable bonds is 4. The molecule has 1 unspecified atom stereocenters. The number of benzene rings is 1. The molecule has 0 fully saturated rings. The van der Waals surface area contributed by atoms with Gasteiger partial charge >= 0.3 is 5.97 Å². The first-order valence-corrected chi connectivity index (χ1v) is 7.83. The molecule has 2 heterocycles. The van der Waals surface area contributed by atoms with Gasteiger partial charge in [0, 0.05) is 19.2 Å². The van der Waals surface area contributed by atoms with Crippen LogP contribution in [0.25, 0.3) is 0 Å². The highest BCUT2D eigenvalue weighted by molar-refractivity contribution is 6.01. The molecule has 2 aromatic rings. The third kappa shape index (κ3) is 3.26. The number of hydrogen-bond donors (Lipinski definition) is 2. The summed E-state index contributed by atoms with van der Waals surface area (Å²) in [6, 6.07) is 8.63. The Hall–Kier alpha value is -3.09. The van der Waals surface area contributed by atoms with Crippen LogP contribution in [0.3, 0.4) is 0 Å². The molecule has 0 saturated carbocycles. The van der Waals surface area contributed by atoms with Gasteiger partial charge < -0.3 is 19.7 Å². The fourth-order valence-electron chi connectivity index (χ4n) is 3.04. The number of carboxylic acid groups (broad SMARTS) is 1. The first-order chi connectivity index (χ1) is 11.9. The number of amides is 2. The second kappa shape index (κ2) is 6.43. The van der Waals surface area contributed by atoms with E-state index in [1.807, 2.05) is 12.1 Å². The lowest BCUT2D eigenvalue weighted by molar-refractivity contribution is -0.134. The van der Waals surface area contributed by atoms with Crippen LogP contribution in [-0.4, -0.2) is 34.8 Å². The Morgan fingerprint density at radius 1 is 1.36 bits per heavy atom. The first-order valence-electron chi connectivity index (χ1n) is 7.83. The second-order valence-corrected chi connectivity index (χ2v) is 6.07. The van der Waals surface area contributed by atoms with Crippen molar-refractivity contribution < 1.29 is 23.9 Å². The highest BCUT2D eigenvalue weighted by atomic mass is 16.4. The van der Waals surface area contributed by atoms with Crippen LogP contribution < -0.4 is 5.32 Å². The topological polar surface area (TPSA) is 99.9 Å². The molecule has 0 spiro atoms. The number of nitrogens with one attached hydrogen (secondary N) is 1. The van der Waals surface area contributed by atoms with Crippen LogP contribution in [0.5, 0.6) is 0 Å². The van der Waals surface area contributed by atoms with Gasteiger partial charge in [0.15, 0.2) is 0 Å². The van der Waals surface area contributed by atoms with Crippen molar-refractivity contribution in [3.05, 3.63) is 53.0 Å². The summed E-state index contributed by atoms with van der Waals surface area (Å²) in [5, 5.41) is 11.8. The van der Waals surface area contributed by atoms with Crippen molar-refractivity contribution in [3.63, 3.8) is 0 Å². The number of furan rings is 1. The number of para-hydroxylation sites is 1. The predicted octanol–water partition coefficient (Wildman–Crippen LogP) is 2.37. The summed E-state index contributed by atoms with van der Waals surface area (Å²) in [4.78, 5) is 37.2. The second-order valence-electron chi connectivity index (χ2n) is 6.07. The third-order valence-corrected chi connectivity index (χ3v) is 4.27. The van der Waals surface area contributed by atoms with Gasteiger partial charge in [-0.15, -0.1) is 0 Å². The molecule has 0 saturated heterocycles. The Morgan fingerprint density at radius 2 is 2.08 bits per heavy atom. The Labute approximate surface area is 144 Å². The highest BCUT2D eigenvalue weighted by Gasteiger charge is 2.32. The van der Waals surface area contributed by atoms with Gasteiger partial charge in [-0.2, -0.15) is 0 Å². The van der Waals surface area contributed by atoms with E-state index in [2.05, 4.69) is 5.32 Å². The number of fused-ring (bicyclic) bond motifs is 1. The standard InChI is InChI=1S/C18H18N2O5/c1-10-13(18(23)24)7-11(25-10)9-20(2)17(22)14-8-16(21)19-15-6-4-3-5-12(14)15/h3-7,14H,8-9H2,1-2H3,(H,19,21)(H,23,24). The number of carbonyl (C=O) groups is 3. The molecule has 1 aliphatic heterocycles. The molecule has 2 amide bonds. The maximum Gasteiger partial charge on any atom is 0.339 e. The number of carbonyl (C=O) groups excluding carboxylic acids is 2. The van der Waals surface area contributed by atoms with E-state index in [9.17, 15) is 14.4 Å². The van der Waals surface area contributed by atoms with Crippen molar-refractivity contribution in [2.24, 2.45) is 0 Å². The average Bonchev–Trinajstić information content (AvgIpc) is 2.93. The molecule has 1 aromatic heterocycles. The monoisotopic (exact) mass is 342 g/mol. The molecule has 2 N–H and O–H groups in total. The average molecular weight is 342 g/mol. The minimum Gasteiger partial charge on any atom is -0.478 e. The maximum atomic E-state index is 12.8. The number of nitrogens with zero attached hydrogens (tertiary/aromatic N) is 1. The zero-order valence-electron chi connectivity index (χ0n) is 13.9. The molecule has 130 valence electrons. The normalized spacial score (nSPS) is 16.1. The first kappa shape index (κ1) is 16.8. The predicted molar refractivity (Wildman–Crippen MR) is 89.3 cm³/mol. The zero-order valence-corrected chi connectivity index (χ0v) is 13.9. The number of anilines is 1. The van der Waals surface area contributed by atoms with Gasteiger partial charge in [0.1, 0.15) is 17.1 Å². The summed E-state index contributed by atoms with van der Waals surface area (Å²) >= 11 is 0. The molecule has 0 radical (unpaired) electrons. The van der Waals surface area contributed by atoms with Crippen molar-refractivity contribution >= 4 is 23.5 Å². The Morgan fingerprint density at radius 3 is 2.76 bits per heavy atom. The van der Waals surface area contributed by atoms with Crippen LogP contribution in [0.15, 0.2) is 34.7 Å². The molecule has 1 aromatic carbocycles. The maximum absolute atomic E-state index is 12.8. The van der Waals surface area contributed by atoms with Crippen molar-refractivity contribution in [1.82, 2.24) is 4.90 Å². The van der Waals surface area contributed by atoms with E-state index in [4.69, 9.17) is 9.52 Å². The molecule has 1 atom stereocenters. The van der Waals surface area contributed by atoms with Gasteiger partial charge in [-0.3, -0.25) is 9.59 Å². The van der Waals surface area contributed by atoms with Gasteiger partial charge in [0.05, 0.1) is 12.5 Å². The fraction of sp³-hybridized carbons (Fsp3) is 0.278. The van der Waals surface area contributed by atoms with Crippen LogP contribution in [0.1, 0.15) is 39.8 Å². The minimum absolute atomic E-state index is 0.0811. The molecule has 7 nitrogen and oxygen atoms in total. The van der Waals surface area contributed by atoms with Crippen molar-refractivity contribution in [2.75, 3.05) is 12.4 Å². The summed E-state index contributed by atoms with van der Waals surface area (Å²) in [5.74, 6) is -1.37. The van der Waals surface area contributed by atoms with Crippen molar-refractivity contribution in [3.8, 4) is 0 Å². The van der Waals surface area contributed by atoms with Gasteiger partial charge in [-0.25, -0.2) is 4.79 Å². The van der Waals surface area contributed by atoms with Gasteiger partial charge in [-0.05, 0) is 24.6 Å². The molecular formula is C18H18N2O5. The minimum atomic E-state index is -1.07. The van der Waals surface area contributed by atoms with E-state index in [1.54, 1.807) is 26.1 Å². The Balaban J connectivity index is 1.80. The number of carboxylic acids is 1. The SMILES string of the molecule is Cc1oc(CN(C)C(=O)C2CC(=O)Nc3ccccc32)cc1C(=O)O. The summed E-state index contributed by atoms with van der Waals surface area (Å²) < 4.78 is 5.42. The van der Waals surface area contributed by atoms with Gasteiger partial charge in [0.2, 0.25) is 11.8 Å². The number of likely N-dealkylation sites (N-methyl/N-ethyl adjacent to an activating group) is 1. The van der Waals surface area contributed by atoms with Crippen molar-refractivity contribution in [2.45, 2.75) is 25.8 Å². The van der Waals surface area contributed by atoms with Crippen LogP contribution in [0.4, 0.5) is 5.69 Å². The van der Waals surface area contributed by atoms with Crippen LogP contribution in [-0.2, 0) is 16.1 Å². The zero-order chi connectivity index (χ0) is 18.1. The van der Waals surface area contributed by atoms with Gasteiger partial charge in [-0.1, -0.05) is 18.2 Å². The van der Waals surface area contributed by atoms with E-state index >= 15 is 0 Å². The van der Waals surface area contributed by atoms with Crippen LogP contribution in [0.2, 0.25) is 0 Å². The fourth-order valence-corrected chi connectivity index (χ4v) is 3.04. The molecule has 0 bridgehead atoms. The molecule has 7 heteroatoms. The summed E-state index contributed by atoms with van der Waals surface area (Å²) in [6.45, 7) is 1.70. The van der Waals surface area contributed by atoms with Crippen LogP contribution in [0, 0.1) is 6.92 Å². The van der Waals surface area contributed by atoms with Crippen LogP contribution >= 0.6 is 0 Å².